The number of methoxy groups -OCH3 is 1. The molecule has 0 aliphatic heterocycles. The smallest absolute Gasteiger partial charge is 0.180 e. The number of hydrogen-bond donors (Lipinski definition) is 1. The van der Waals surface area contributed by atoms with Gasteiger partial charge < -0.3 is 4.74 Å². The molecule has 33 heavy (non-hydrogen) atoms. The first-order chi connectivity index (χ1) is 16.2. The molecule has 2 aromatic carbocycles. The number of aryl methyl sites for hydroxylation is 2. The summed E-state index contributed by atoms with van der Waals surface area (Å²) in [6, 6.07) is 16.7. The summed E-state index contributed by atoms with van der Waals surface area (Å²) in [5.41, 5.74) is 7.54. The Bertz CT molecular complexity index is 1370. The Kier molecular flexibility index (Phi) is 5.70. The van der Waals surface area contributed by atoms with E-state index in [1.54, 1.807) is 7.11 Å². The van der Waals surface area contributed by atoms with Gasteiger partial charge >= 0.3 is 0 Å². The highest BCUT2D eigenvalue weighted by Gasteiger charge is 2.20. The minimum absolute atomic E-state index is 0.520. The van der Waals surface area contributed by atoms with E-state index in [4.69, 9.17) is 14.8 Å². The molecule has 5 rings (SSSR count). The quantitative estimate of drug-likeness (QED) is 0.393. The van der Waals surface area contributed by atoms with Gasteiger partial charge in [0.15, 0.2) is 17.3 Å². The Hall–Kier alpha value is -3.85. The molecule has 5 aromatic rings. The van der Waals surface area contributed by atoms with Crippen LogP contribution in [0.25, 0.3) is 28.2 Å². The molecule has 0 saturated carbocycles. The molecular weight excluding hydrogens is 416 g/mol. The summed E-state index contributed by atoms with van der Waals surface area (Å²) in [7, 11) is 1.72. The van der Waals surface area contributed by atoms with Gasteiger partial charge in [-0.25, -0.2) is 10.1 Å². The highest BCUT2D eigenvalue weighted by atomic mass is 16.5. The van der Waals surface area contributed by atoms with E-state index < -0.39 is 0 Å². The molecule has 0 amide bonds. The number of nitrogens with zero attached hydrogens (tertiary/aromatic N) is 7. The summed E-state index contributed by atoms with van der Waals surface area (Å²) in [5.74, 6) is 1.50. The van der Waals surface area contributed by atoms with Crippen molar-refractivity contribution in [2.24, 2.45) is 0 Å². The van der Waals surface area contributed by atoms with E-state index in [2.05, 4.69) is 69.5 Å². The minimum Gasteiger partial charge on any atom is -0.378 e. The highest BCUT2D eigenvalue weighted by Crippen LogP contribution is 2.30. The average Bonchev–Trinajstić information content (AvgIpc) is 3.58. The third-order valence-corrected chi connectivity index (χ3v) is 5.87. The van der Waals surface area contributed by atoms with Crippen LogP contribution in [0.5, 0.6) is 0 Å². The molecule has 0 saturated heterocycles. The predicted octanol–water partition coefficient (Wildman–Crippen LogP) is 3.70. The summed E-state index contributed by atoms with van der Waals surface area (Å²) in [4.78, 5) is 4.75. The van der Waals surface area contributed by atoms with Gasteiger partial charge in [0.25, 0.3) is 0 Å². The Balaban J connectivity index is 1.51. The summed E-state index contributed by atoms with van der Waals surface area (Å²) >= 11 is 0. The zero-order chi connectivity index (χ0) is 22.8. The zero-order valence-electron chi connectivity index (χ0n) is 19.0. The number of H-pyrrole nitrogens is 1. The Morgan fingerprint density at radius 3 is 2.42 bits per heavy atom. The summed E-state index contributed by atoms with van der Waals surface area (Å²) < 4.78 is 9.63. The van der Waals surface area contributed by atoms with Crippen LogP contribution < -0.4 is 0 Å². The summed E-state index contributed by atoms with van der Waals surface area (Å²) in [6.45, 7) is 5.42. The molecule has 9 heteroatoms. The molecule has 3 aromatic heterocycles. The molecule has 0 aliphatic rings. The number of fused-ring (bicyclic) bond motifs is 1. The van der Waals surface area contributed by atoms with E-state index in [1.807, 2.05) is 22.8 Å². The molecule has 0 unspecified atom stereocenters. The van der Waals surface area contributed by atoms with E-state index >= 15 is 0 Å². The Morgan fingerprint density at radius 1 is 0.970 bits per heavy atom. The maximum Gasteiger partial charge on any atom is 0.180 e. The maximum atomic E-state index is 5.52. The molecule has 3 heterocycles. The first-order valence-electron chi connectivity index (χ1n) is 11.1. The van der Waals surface area contributed by atoms with Crippen molar-refractivity contribution in [3.8, 4) is 22.5 Å². The van der Waals surface area contributed by atoms with Crippen LogP contribution in [-0.2, 0) is 30.7 Å². The first-order valence-corrected chi connectivity index (χ1v) is 11.1. The van der Waals surface area contributed by atoms with Gasteiger partial charge in [0.1, 0.15) is 0 Å². The number of aromatic nitrogens is 8. The van der Waals surface area contributed by atoms with Gasteiger partial charge in [-0.15, -0.1) is 10.2 Å². The normalized spacial score (nSPS) is 11.5. The number of hydrogen-bond acceptors (Lipinski definition) is 6. The van der Waals surface area contributed by atoms with Gasteiger partial charge in [0, 0.05) is 24.7 Å². The molecular formula is C24H26N8O. The van der Waals surface area contributed by atoms with Gasteiger partial charge in [-0.1, -0.05) is 62.4 Å². The highest BCUT2D eigenvalue weighted by molar-refractivity contribution is 5.80. The fraction of sp³-hybridized carbons (Fsp3) is 0.292. The van der Waals surface area contributed by atoms with E-state index in [1.165, 1.54) is 11.1 Å². The van der Waals surface area contributed by atoms with Crippen molar-refractivity contribution in [2.75, 3.05) is 7.11 Å². The summed E-state index contributed by atoms with van der Waals surface area (Å²) in [6.07, 6.45) is 1.68. The van der Waals surface area contributed by atoms with Crippen molar-refractivity contribution in [1.29, 1.82) is 0 Å². The number of benzene rings is 2. The number of ether oxygens (including phenoxy) is 1. The lowest BCUT2D eigenvalue weighted by atomic mass is 9.98. The molecule has 1 N–H and O–H groups in total. The van der Waals surface area contributed by atoms with Gasteiger partial charge in [-0.05, 0) is 33.5 Å². The Morgan fingerprint density at radius 2 is 1.76 bits per heavy atom. The predicted molar refractivity (Wildman–Crippen MR) is 125 cm³/mol. The van der Waals surface area contributed by atoms with Gasteiger partial charge in [0.05, 0.1) is 18.8 Å². The van der Waals surface area contributed by atoms with Crippen LogP contribution in [-0.4, -0.2) is 47.1 Å². The lowest BCUT2D eigenvalue weighted by Gasteiger charge is -2.12. The number of nitrogens with one attached hydrogen (secondary N) is 1. The fourth-order valence-corrected chi connectivity index (χ4v) is 4.25. The molecule has 168 valence electrons. The number of tetrazole rings is 1. The maximum absolute atomic E-state index is 5.52. The van der Waals surface area contributed by atoms with Crippen molar-refractivity contribution >= 4 is 5.65 Å². The standard InChI is InChI=1S/C24H26N8O/c1-4-18-21(15-33-3)31(32-24(18)25-22(5-2)28-32)14-16-10-12-17(13-11-16)19-8-6-7-9-20(19)23-26-29-30-27-23/h6-13H,4-5,14-15H2,1-3H3,(H,26,27,29,30). The van der Waals surface area contributed by atoms with Crippen LogP contribution in [0.15, 0.2) is 48.5 Å². The second kappa shape index (κ2) is 8.95. The third kappa shape index (κ3) is 3.80. The second-order valence-corrected chi connectivity index (χ2v) is 7.86. The van der Waals surface area contributed by atoms with Crippen molar-refractivity contribution in [3.63, 3.8) is 0 Å². The minimum atomic E-state index is 0.520. The summed E-state index contributed by atoms with van der Waals surface area (Å²) in [5, 5.41) is 19.1. The van der Waals surface area contributed by atoms with Crippen molar-refractivity contribution in [3.05, 3.63) is 71.2 Å². The topological polar surface area (TPSA) is 98.8 Å². The average molecular weight is 443 g/mol. The van der Waals surface area contributed by atoms with Crippen molar-refractivity contribution in [1.82, 2.24) is 40.0 Å². The van der Waals surface area contributed by atoms with E-state index in [0.717, 1.165) is 46.7 Å². The lowest BCUT2D eigenvalue weighted by Crippen LogP contribution is -2.13. The molecule has 0 spiro atoms. The van der Waals surface area contributed by atoms with Crippen LogP contribution in [0.2, 0.25) is 0 Å². The molecule has 9 nitrogen and oxygen atoms in total. The van der Waals surface area contributed by atoms with Gasteiger partial charge in [-0.2, -0.15) is 4.63 Å². The van der Waals surface area contributed by atoms with Gasteiger partial charge in [0.2, 0.25) is 0 Å². The monoisotopic (exact) mass is 442 g/mol. The van der Waals surface area contributed by atoms with Crippen LogP contribution in [0.4, 0.5) is 0 Å². The van der Waals surface area contributed by atoms with E-state index in [9.17, 15) is 0 Å². The molecule has 0 bridgehead atoms. The SMILES string of the molecule is CCc1nc2c(CC)c(COC)n(Cc3ccc(-c4ccccc4-c4nnn[nH]4)cc3)n2n1. The largest absolute Gasteiger partial charge is 0.378 e. The molecule has 0 aliphatic carbocycles. The Labute approximate surface area is 191 Å². The lowest BCUT2D eigenvalue weighted by molar-refractivity contribution is 0.175. The van der Waals surface area contributed by atoms with Crippen molar-refractivity contribution < 1.29 is 4.74 Å². The second-order valence-electron chi connectivity index (χ2n) is 7.86. The van der Waals surface area contributed by atoms with E-state index in [0.29, 0.717) is 19.0 Å². The van der Waals surface area contributed by atoms with Crippen LogP contribution in [0.1, 0.15) is 36.5 Å². The van der Waals surface area contributed by atoms with Crippen LogP contribution in [0.3, 0.4) is 0 Å². The molecule has 0 atom stereocenters. The van der Waals surface area contributed by atoms with Crippen molar-refractivity contribution in [2.45, 2.75) is 39.8 Å². The van der Waals surface area contributed by atoms with Crippen LogP contribution >= 0.6 is 0 Å². The molecule has 0 radical (unpaired) electrons. The van der Waals surface area contributed by atoms with E-state index in [-0.39, 0.29) is 0 Å². The van der Waals surface area contributed by atoms with Gasteiger partial charge in [-0.3, -0.25) is 4.68 Å². The zero-order valence-corrected chi connectivity index (χ0v) is 19.0. The number of rotatable bonds is 8. The fourth-order valence-electron chi connectivity index (χ4n) is 4.25. The third-order valence-electron chi connectivity index (χ3n) is 5.87. The number of aromatic amines is 1. The molecule has 0 fully saturated rings. The van der Waals surface area contributed by atoms with Crippen LogP contribution in [0, 0.1) is 0 Å². The first kappa shape index (κ1) is 21.0.